The molecule has 2 N–H and O–H groups in total. The first-order valence-corrected chi connectivity index (χ1v) is 14.0. The monoisotopic (exact) mass is 551 g/mol. The van der Waals surface area contributed by atoms with E-state index in [-0.39, 0.29) is 6.42 Å². The predicted octanol–water partition coefficient (Wildman–Crippen LogP) is 6.09. The van der Waals surface area contributed by atoms with E-state index in [9.17, 15) is 18.0 Å². The second-order valence-corrected chi connectivity index (χ2v) is 10.7. The lowest BCUT2D eigenvalue weighted by molar-refractivity contribution is -0.134. The second kappa shape index (κ2) is 16.4. The number of thiazole rings is 1. The number of halogens is 3. The van der Waals surface area contributed by atoms with Gasteiger partial charge < -0.3 is 10.6 Å². The zero-order valence-electron chi connectivity index (χ0n) is 22.3. The zero-order chi connectivity index (χ0) is 28.0. The number of aryl methyl sites for hydroxylation is 2. The summed E-state index contributed by atoms with van der Waals surface area (Å²) in [6.07, 6.45) is 11.4. The molecule has 2 aromatic rings. The highest BCUT2D eigenvalue weighted by Crippen LogP contribution is 2.29. The maximum Gasteiger partial charge on any atom is 0.389 e. The summed E-state index contributed by atoms with van der Waals surface area (Å²) in [4.78, 5) is 26.5. The minimum Gasteiger partial charge on any atom is -0.366 e. The molecule has 1 saturated carbocycles. The summed E-state index contributed by atoms with van der Waals surface area (Å²) in [5.41, 5.74) is 6.72. The summed E-state index contributed by atoms with van der Waals surface area (Å²) in [6, 6.07) is 0. The van der Waals surface area contributed by atoms with Crippen molar-refractivity contribution in [3.8, 4) is 0 Å². The first kappa shape index (κ1) is 31.6. The van der Waals surface area contributed by atoms with Crippen LogP contribution in [0.4, 0.5) is 13.2 Å². The number of amides is 1. The number of rotatable bonds is 7. The predicted molar refractivity (Wildman–Crippen MR) is 148 cm³/mol. The molecule has 38 heavy (non-hydrogen) atoms. The number of carbonyl (C=O) groups is 1. The van der Waals surface area contributed by atoms with Gasteiger partial charge in [0.2, 0.25) is 5.91 Å². The van der Waals surface area contributed by atoms with E-state index in [1.54, 1.807) is 25.4 Å². The number of nitrogens with two attached hydrogens (primary N) is 1. The summed E-state index contributed by atoms with van der Waals surface area (Å²) in [6.45, 7) is 11.0. The molecule has 1 fully saturated rings. The maximum absolute atomic E-state index is 12.3. The summed E-state index contributed by atoms with van der Waals surface area (Å²) in [5, 5.41) is 0.660. The normalized spacial score (nSPS) is 16.5. The third kappa shape index (κ3) is 12.3. The standard InChI is InChI=1S/C18H27F3N2S.C8H9N3O.C2H4/c19-18(20,21)10-6-17-22-15-8-12-23(13-9-16(15)24-17)11-7-14-4-2-1-3-5-14;1-6-10-4-7(5-11-6)2-3-8(9)12;1-2/h14H,1-13H2;2-5H,1H3,(H2,9,12);1-2H2/b;3-2+;. The smallest absolute Gasteiger partial charge is 0.366 e. The molecular weight excluding hydrogens is 511 g/mol. The Morgan fingerprint density at radius 2 is 1.82 bits per heavy atom. The van der Waals surface area contributed by atoms with Crippen molar-refractivity contribution >= 4 is 23.3 Å². The fourth-order valence-electron chi connectivity index (χ4n) is 4.55. The van der Waals surface area contributed by atoms with Gasteiger partial charge in [-0.25, -0.2) is 15.0 Å². The Labute approximate surface area is 228 Å². The van der Waals surface area contributed by atoms with Crippen molar-refractivity contribution in [2.24, 2.45) is 11.7 Å². The number of nitrogens with zero attached hydrogens (tertiary/aromatic N) is 4. The first-order valence-electron chi connectivity index (χ1n) is 13.2. The zero-order valence-corrected chi connectivity index (χ0v) is 23.1. The van der Waals surface area contributed by atoms with Crippen LogP contribution in [0.3, 0.4) is 0 Å². The molecule has 1 aliphatic carbocycles. The van der Waals surface area contributed by atoms with E-state index >= 15 is 0 Å². The molecule has 2 aromatic heterocycles. The molecule has 4 rings (SSSR count). The summed E-state index contributed by atoms with van der Waals surface area (Å²) < 4.78 is 37.0. The van der Waals surface area contributed by atoms with Crippen molar-refractivity contribution in [1.82, 2.24) is 19.9 Å². The Bertz CT molecular complexity index is 975. The highest BCUT2D eigenvalue weighted by atomic mass is 32.1. The molecule has 3 heterocycles. The molecule has 0 atom stereocenters. The Morgan fingerprint density at radius 3 is 2.45 bits per heavy atom. The molecule has 1 amide bonds. The van der Waals surface area contributed by atoms with Crippen molar-refractivity contribution in [1.29, 1.82) is 0 Å². The lowest BCUT2D eigenvalue weighted by Crippen LogP contribution is -2.29. The van der Waals surface area contributed by atoms with Gasteiger partial charge in [-0.3, -0.25) is 4.79 Å². The third-order valence-electron chi connectivity index (χ3n) is 6.58. The number of alkyl halides is 3. The third-order valence-corrected chi connectivity index (χ3v) is 7.80. The van der Waals surface area contributed by atoms with Gasteiger partial charge in [-0.15, -0.1) is 24.5 Å². The van der Waals surface area contributed by atoms with Crippen molar-refractivity contribution in [2.75, 3.05) is 19.6 Å². The van der Waals surface area contributed by atoms with Crippen LogP contribution >= 0.6 is 11.3 Å². The molecular formula is C28H40F3N5OS. The van der Waals surface area contributed by atoms with E-state index in [1.807, 2.05) is 0 Å². The van der Waals surface area contributed by atoms with Crippen LogP contribution in [0, 0.1) is 12.8 Å². The van der Waals surface area contributed by atoms with Gasteiger partial charge in [0.15, 0.2) is 0 Å². The van der Waals surface area contributed by atoms with E-state index in [4.69, 9.17) is 5.73 Å². The van der Waals surface area contributed by atoms with Crippen molar-refractivity contribution < 1.29 is 18.0 Å². The van der Waals surface area contributed by atoms with Gasteiger partial charge >= 0.3 is 6.18 Å². The Hall–Kier alpha value is -2.59. The van der Waals surface area contributed by atoms with Crippen LogP contribution < -0.4 is 5.73 Å². The lowest BCUT2D eigenvalue weighted by atomic mass is 9.87. The molecule has 0 bridgehead atoms. The van der Waals surface area contributed by atoms with E-state index < -0.39 is 18.5 Å². The van der Waals surface area contributed by atoms with Gasteiger partial charge in [0.1, 0.15) is 5.82 Å². The van der Waals surface area contributed by atoms with Crippen LogP contribution in [-0.4, -0.2) is 51.6 Å². The number of hydrogen-bond donors (Lipinski definition) is 1. The molecule has 0 saturated heterocycles. The number of aromatic nitrogens is 3. The molecule has 0 unspecified atom stereocenters. The van der Waals surface area contributed by atoms with E-state index in [0.29, 0.717) is 10.8 Å². The van der Waals surface area contributed by atoms with Crippen molar-refractivity contribution in [3.63, 3.8) is 0 Å². The largest absolute Gasteiger partial charge is 0.389 e. The van der Waals surface area contributed by atoms with Gasteiger partial charge in [0, 0.05) is 61.3 Å². The average Bonchev–Trinajstić information content (AvgIpc) is 3.20. The van der Waals surface area contributed by atoms with Crippen LogP contribution in [0.1, 0.15) is 71.9 Å². The molecule has 0 spiro atoms. The number of primary amides is 1. The molecule has 0 aromatic carbocycles. The average molecular weight is 552 g/mol. The van der Waals surface area contributed by atoms with Gasteiger partial charge in [-0.1, -0.05) is 32.1 Å². The van der Waals surface area contributed by atoms with Gasteiger partial charge in [0.25, 0.3) is 0 Å². The van der Waals surface area contributed by atoms with Crippen LogP contribution in [0.15, 0.2) is 31.6 Å². The van der Waals surface area contributed by atoms with Crippen LogP contribution in [-0.2, 0) is 24.1 Å². The number of hydrogen-bond acceptors (Lipinski definition) is 6. The minimum atomic E-state index is -4.08. The molecule has 0 radical (unpaired) electrons. The number of carbonyl (C=O) groups excluding carboxylic acids is 1. The summed E-state index contributed by atoms with van der Waals surface area (Å²) in [7, 11) is 0. The van der Waals surface area contributed by atoms with Gasteiger partial charge in [-0.05, 0) is 38.3 Å². The Morgan fingerprint density at radius 1 is 1.16 bits per heavy atom. The highest BCUT2D eigenvalue weighted by Gasteiger charge is 2.28. The Kier molecular flexibility index (Phi) is 13.6. The second-order valence-electron chi connectivity index (χ2n) is 9.53. The highest BCUT2D eigenvalue weighted by molar-refractivity contribution is 7.11. The maximum atomic E-state index is 12.3. The van der Waals surface area contributed by atoms with Gasteiger partial charge in [0.05, 0.1) is 10.7 Å². The molecule has 6 nitrogen and oxygen atoms in total. The topological polar surface area (TPSA) is 85.0 Å². The fraction of sp³-hybridized carbons (Fsp3) is 0.571. The summed E-state index contributed by atoms with van der Waals surface area (Å²) >= 11 is 1.50. The van der Waals surface area contributed by atoms with Crippen LogP contribution in [0.25, 0.3) is 6.08 Å². The molecule has 1 aliphatic heterocycles. The van der Waals surface area contributed by atoms with Gasteiger partial charge in [-0.2, -0.15) is 13.2 Å². The molecule has 210 valence electrons. The number of fused-ring (bicyclic) bond motifs is 1. The van der Waals surface area contributed by atoms with Crippen molar-refractivity contribution in [2.45, 2.75) is 77.3 Å². The SMILES string of the molecule is C=C.Cc1ncc(/C=C/C(N)=O)cn1.FC(F)(F)CCc1nc2c(s1)CCN(CCC1CCCCC1)CC2. The van der Waals surface area contributed by atoms with E-state index in [1.165, 1.54) is 67.4 Å². The lowest BCUT2D eigenvalue weighted by Gasteiger charge is -2.26. The minimum absolute atomic E-state index is 0.0343. The quantitative estimate of drug-likeness (QED) is 0.332. The summed E-state index contributed by atoms with van der Waals surface area (Å²) in [5.74, 6) is 1.13. The molecule has 2 aliphatic rings. The fourth-order valence-corrected chi connectivity index (χ4v) is 5.65. The van der Waals surface area contributed by atoms with Crippen molar-refractivity contribution in [3.05, 3.63) is 58.6 Å². The van der Waals surface area contributed by atoms with Crippen LogP contribution in [0.2, 0.25) is 0 Å². The first-order chi connectivity index (χ1) is 18.2. The van der Waals surface area contributed by atoms with E-state index in [2.05, 4.69) is 33.0 Å². The van der Waals surface area contributed by atoms with E-state index in [0.717, 1.165) is 43.1 Å². The van der Waals surface area contributed by atoms with Crippen LogP contribution in [0.5, 0.6) is 0 Å². The molecule has 10 heteroatoms. The Balaban J connectivity index is 0.000000305.